The van der Waals surface area contributed by atoms with Crippen molar-refractivity contribution in [3.63, 3.8) is 0 Å². The Balaban J connectivity index is 1.96. The number of hydrogen-bond acceptors (Lipinski definition) is 3. The molecular formula is C21H26N2O3. The first kappa shape index (κ1) is 19.5. The number of hydrogen-bond donors (Lipinski definition) is 2. The van der Waals surface area contributed by atoms with Crippen molar-refractivity contribution in [2.24, 2.45) is 0 Å². The van der Waals surface area contributed by atoms with E-state index in [9.17, 15) is 9.59 Å². The molecule has 0 bridgehead atoms. The topological polar surface area (TPSA) is 67.4 Å². The highest BCUT2D eigenvalue weighted by Gasteiger charge is 2.18. The molecule has 0 saturated carbocycles. The second-order valence-electron chi connectivity index (χ2n) is 6.15. The lowest BCUT2D eigenvalue weighted by Crippen LogP contribution is -2.32. The fourth-order valence-electron chi connectivity index (χ4n) is 2.37. The summed E-state index contributed by atoms with van der Waals surface area (Å²) in [5.74, 6) is 0.343. The van der Waals surface area contributed by atoms with Crippen LogP contribution in [0.4, 0.5) is 5.69 Å². The van der Waals surface area contributed by atoms with Gasteiger partial charge in [0.05, 0.1) is 0 Å². The molecule has 0 heterocycles. The number of rotatable bonds is 8. The molecule has 0 radical (unpaired) electrons. The van der Waals surface area contributed by atoms with Crippen molar-refractivity contribution in [1.82, 2.24) is 5.32 Å². The van der Waals surface area contributed by atoms with E-state index >= 15 is 0 Å². The third-order valence-electron chi connectivity index (χ3n) is 3.91. The van der Waals surface area contributed by atoms with Gasteiger partial charge in [0.25, 0.3) is 11.8 Å². The molecule has 2 amide bonds. The van der Waals surface area contributed by atoms with Crippen LogP contribution in [-0.2, 0) is 4.79 Å². The van der Waals surface area contributed by atoms with Crippen molar-refractivity contribution < 1.29 is 14.3 Å². The molecule has 5 heteroatoms. The van der Waals surface area contributed by atoms with E-state index in [1.165, 1.54) is 0 Å². The summed E-state index contributed by atoms with van der Waals surface area (Å²) in [5.41, 5.74) is 2.34. The summed E-state index contributed by atoms with van der Waals surface area (Å²) in [6.07, 6.45) is 0.862. The van der Waals surface area contributed by atoms with E-state index in [1.54, 1.807) is 24.3 Å². The maximum atomic E-state index is 12.5. The minimum Gasteiger partial charge on any atom is -0.481 e. The Bertz CT molecular complexity index is 724. The standard InChI is InChI=1S/C21H26N2O3/c1-4-14-22-20(24)16-8-10-17(11-9-16)23-21(25)19(5-2)26-18-12-6-15(3)7-13-18/h6-13,19H,4-5,14H2,1-3H3,(H,22,24)(H,23,25). The number of nitrogens with one attached hydrogen (secondary N) is 2. The molecule has 5 nitrogen and oxygen atoms in total. The van der Waals surface area contributed by atoms with Crippen LogP contribution < -0.4 is 15.4 Å². The van der Waals surface area contributed by atoms with E-state index in [0.29, 0.717) is 30.0 Å². The summed E-state index contributed by atoms with van der Waals surface area (Å²) in [6.45, 7) is 6.55. The van der Waals surface area contributed by atoms with Crippen LogP contribution in [0.1, 0.15) is 42.6 Å². The van der Waals surface area contributed by atoms with E-state index in [-0.39, 0.29) is 11.8 Å². The highest BCUT2D eigenvalue weighted by molar-refractivity contribution is 5.96. The van der Waals surface area contributed by atoms with Gasteiger partial charge in [0.2, 0.25) is 0 Å². The first-order chi connectivity index (χ1) is 12.5. The Labute approximate surface area is 154 Å². The minimum absolute atomic E-state index is 0.112. The van der Waals surface area contributed by atoms with Crippen molar-refractivity contribution in [2.45, 2.75) is 39.7 Å². The molecule has 2 rings (SSSR count). The van der Waals surface area contributed by atoms with Crippen LogP contribution in [0.2, 0.25) is 0 Å². The molecule has 2 aromatic rings. The van der Waals surface area contributed by atoms with Gasteiger partial charge in [-0.3, -0.25) is 9.59 Å². The predicted octanol–water partition coefficient (Wildman–Crippen LogP) is 3.93. The number of anilines is 1. The molecule has 0 aliphatic heterocycles. The van der Waals surface area contributed by atoms with Crippen LogP contribution in [0, 0.1) is 6.92 Å². The van der Waals surface area contributed by atoms with Crippen LogP contribution in [0.15, 0.2) is 48.5 Å². The molecule has 138 valence electrons. The average molecular weight is 354 g/mol. The van der Waals surface area contributed by atoms with Gasteiger partial charge in [-0.2, -0.15) is 0 Å². The summed E-state index contributed by atoms with van der Waals surface area (Å²) in [7, 11) is 0. The first-order valence-electron chi connectivity index (χ1n) is 8.96. The number of aryl methyl sites for hydroxylation is 1. The summed E-state index contributed by atoms with van der Waals surface area (Å²) in [4.78, 5) is 24.4. The van der Waals surface area contributed by atoms with E-state index in [1.807, 2.05) is 45.0 Å². The van der Waals surface area contributed by atoms with Crippen molar-refractivity contribution in [3.05, 3.63) is 59.7 Å². The molecule has 0 aliphatic rings. The third-order valence-corrected chi connectivity index (χ3v) is 3.91. The minimum atomic E-state index is -0.578. The van der Waals surface area contributed by atoms with E-state index in [4.69, 9.17) is 4.74 Å². The van der Waals surface area contributed by atoms with Gasteiger partial charge < -0.3 is 15.4 Å². The van der Waals surface area contributed by atoms with Gasteiger partial charge in [0, 0.05) is 17.8 Å². The molecule has 0 spiro atoms. The van der Waals surface area contributed by atoms with E-state index in [2.05, 4.69) is 10.6 Å². The van der Waals surface area contributed by atoms with Crippen molar-refractivity contribution in [2.75, 3.05) is 11.9 Å². The molecule has 1 atom stereocenters. The number of benzene rings is 2. The maximum Gasteiger partial charge on any atom is 0.265 e. The molecule has 26 heavy (non-hydrogen) atoms. The highest BCUT2D eigenvalue weighted by atomic mass is 16.5. The molecule has 0 aliphatic carbocycles. The Morgan fingerprint density at radius 1 is 1.00 bits per heavy atom. The average Bonchev–Trinajstić information content (AvgIpc) is 2.66. The van der Waals surface area contributed by atoms with Gasteiger partial charge >= 0.3 is 0 Å². The van der Waals surface area contributed by atoms with E-state index < -0.39 is 6.10 Å². The maximum absolute atomic E-state index is 12.5. The van der Waals surface area contributed by atoms with Crippen molar-refractivity contribution >= 4 is 17.5 Å². The SMILES string of the molecule is CCCNC(=O)c1ccc(NC(=O)C(CC)Oc2ccc(C)cc2)cc1. The van der Waals surface area contributed by atoms with Crippen LogP contribution in [0.5, 0.6) is 5.75 Å². The number of ether oxygens (including phenoxy) is 1. The lowest BCUT2D eigenvalue weighted by molar-refractivity contribution is -0.122. The smallest absolute Gasteiger partial charge is 0.265 e. The normalized spacial score (nSPS) is 11.5. The zero-order valence-corrected chi connectivity index (χ0v) is 15.5. The molecule has 0 saturated heterocycles. The summed E-state index contributed by atoms with van der Waals surface area (Å²) >= 11 is 0. The van der Waals surface area contributed by atoms with Crippen molar-refractivity contribution in [3.8, 4) is 5.75 Å². The van der Waals surface area contributed by atoms with Gasteiger partial charge in [-0.25, -0.2) is 0 Å². The Kier molecular flexibility index (Phi) is 7.21. The fourth-order valence-corrected chi connectivity index (χ4v) is 2.37. The molecule has 1 unspecified atom stereocenters. The zero-order valence-electron chi connectivity index (χ0n) is 15.5. The summed E-state index contributed by atoms with van der Waals surface area (Å²) in [6, 6.07) is 14.4. The van der Waals surface area contributed by atoms with Gasteiger partial charge in [-0.15, -0.1) is 0 Å². The Morgan fingerprint density at radius 2 is 1.65 bits per heavy atom. The first-order valence-corrected chi connectivity index (χ1v) is 8.96. The molecule has 2 N–H and O–H groups in total. The second kappa shape index (κ2) is 9.61. The van der Waals surface area contributed by atoms with Crippen molar-refractivity contribution in [1.29, 1.82) is 0 Å². The van der Waals surface area contributed by atoms with Crippen LogP contribution in [0.3, 0.4) is 0 Å². The quantitative estimate of drug-likeness (QED) is 0.755. The van der Waals surface area contributed by atoms with Gasteiger partial charge in [-0.05, 0) is 56.2 Å². The number of amides is 2. The van der Waals surface area contributed by atoms with Crippen LogP contribution in [-0.4, -0.2) is 24.5 Å². The number of carbonyl (C=O) groups excluding carboxylic acids is 2. The molecule has 2 aromatic carbocycles. The van der Waals surface area contributed by atoms with Gasteiger partial charge in [0.15, 0.2) is 6.10 Å². The number of carbonyl (C=O) groups is 2. The molecule has 0 aromatic heterocycles. The second-order valence-corrected chi connectivity index (χ2v) is 6.15. The summed E-state index contributed by atoms with van der Waals surface area (Å²) < 4.78 is 5.78. The van der Waals surface area contributed by atoms with Crippen LogP contribution >= 0.6 is 0 Å². The lowest BCUT2D eigenvalue weighted by Gasteiger charge is -2.17. The van der Waals surface area contributed by atoms with Gasteiger partial charge in [-0.1, -0.05) is 31.5 Å². The van der Waals surface area contributed by atoms with E-state index in [0.717, 1.165) is 12.0 Å². The summed E-state index contributed by atoms with van der Waals surface area (Å²) in [5, 5.41) is 5.66. The third kappa shape index (κ3) is 5.62. The Hall–Kier alpha value is -2.82. The lowest BCUT2D eigenvalue weighted by atomic mass is 10.1. The zero-order chi connectivity index (χ0) is 18.9. The van der Waals surface area contributed by atoms with Crippen LogP contribution in [0.25, 0.3) is 0 Å². The van der Waals surface area contributed by atoms with Gasteiger partial charge in [0.1, 0.15) is 5.75 Å². The predicted molar refractivity (Wildman–Crippen MR) is 104 cm³/mol. The monoisotopic (exact) mass is 354 g/mol. The molecular weight excluding hydrogens is 328 g/mol. The highest BCUT2D eigenvalue weighted by Crippen LogP contribution is 2.16. The fraction of sp³-hybridized carbons (Fsp3) is 0.333. The Morgan fingerprint density at radius 3 is 2.23 bits per heavy atom. The largest absolute Gasteiger partial charge is 0.481 e. The molecule has 0 fully saturated rings.